The maximum absolute atomic E-state index is 11.4. The Balaban J connectivity index is 1.99. The van der Waals surface area contributed by atoms with E-state index in [0.29, 0.717) is 11.8 Å². The van der Waals surface area contributed by atoms with Crippen molar-refractivity contribution < 1.29 is 9.53 Å². The highest BCUT2D eigenvalue weighted by Gasteiger charge is 2.66. The maximum Gasteiger partial charge on any atom is 0.252 e. The van der Waals surface area contributed by atoms with E-state index in [1.54, 1.807) is 0 Å². The first-order chi connectivity index (χ1) is 5.33. The fourth-order valence-corrected chi connectivity index (χ4v) is 2.79. The molecule has 3 atom stereocenters. The van der Waals surface area contributed by atoms with Gasteiger partial charge in [0.15, 0.2) is 0 Å². The molecule has 11 heavy (non-hydrogen) atoms. The van der Waals surface area contributed by atoms with Crippen LogP contribution >= 0.6 is 0 Å². The predicted octanol–water partition coefficient (Wildman–Crippen LogP) is -0.0886. The Bertz CT molecular complexity index is 224. The van der Waals surface area contributed by atoms with Crippen LogP contribution in [0.5, 0.6) is 0 Å². The Hall–Kier alpha value is -0.570. The van der Waals surface area contributed by atoms with Gasteiger partial charge in [-0.1, -0.05) is 0 Å². The molecule has 1 aliphatic carbocycles. The molecule has 1 saturated carbocycles. The molecule has 3 saturated heterocycles. The highest BCUT2D eigenvalue weighted by atomic mass is 16.5. The summed E-state index contributed by atoms with van der Waals surface area (Å²) in [6.07, 6.45) is 2.10. The molecule has 4 fully saturated rings. The lowest BCUT2D eigenvalue weighted by molar-refractivity contribution is -0.156. The molecule has 0 aromatic rings. The molecule has 4 rings (SSSR count). The van der Waals surface area contributed by atoms with Crippen molar-refractivity contribution >= 4 is 5.91 Å². The van der Waals surface area contributed by atoms with Crippen molar-refractivity contribution in [2.45, 2.75) is 18.4 Å². The van der Waals surface area contributed by atoms with Gasteiger partial charge in [0, 0.05) is 12.5 Å². The summed E-state index contributed by atoms with van der Waals surface area (Å²) in [7, 11) is 0. The number of amides is 1. The highest BCUT2D eigenvalue weighted by molar-refractivity contribution is 5.88. The summed E-state index contributed by atoms with van der Waals surface area (Å²) >= 11 is 0. The molecule has 3 heterocycles. The molecule has 0 aromatic heterocycles. The Morgan fingerprint density at radius 3 is 3.27 bits per heavy atom. The summed E-state index contributed by atoms with van der Waals surface area (Å²) in [6.45, 7) is 1.67. The number of nitrogens with one attached hydrogen (secondary N) is 1. The molecule has 1 N–H and O–H groups in total. The molecule has 1 amide bonds. The zero-order chi connectivity index (χ0) is 7.47. The molecule has 3 nitrogen and oxygen atoms in total. The molecule has 0 unspecified atom stereocenters. The number of fused-ring (bicyclic) bond motifs is 1. The minimum absolute atomic E-state index is 0.141. The molecule has 3 heteroatoms. The van der Waals surface area contributed by atoms with Crippen LogP contribution in [0, 0.1) is 11.8 Å². The van der Waals surface area contributed by atoms with Gasteiger partial charge in [-0.2, -0.15) is 0 Å². The van der Waals surface area contributed by atoms with Crippen LogP contribution in [0.2, 0.25) is 0 Å². The number of piperidine rings is 1. The van der Waals surface area contributed by atoms with Crippen molar-refractivity contribution in [1.29, 1.82) is 0 Å². The predicted molar refractivity (Wildman–Crippen MR) is 37.9 cm³/mol. The van der Waals surface area contributed by atoms with Gasteiger partial charge in [-0.15, -0.1) is 0 Å². The Morgan fingerprint density at radius 2 is 2.55 bits per heavy atom. The minimum atomic E-state index is -0.358. The molecule has 2 bridgehead atoms. The number of rotatable bonds is 0. The second kappa shape index (κ2) is 1.61. The van der Waals surface area contributed by atoms with Crippen LogP contribution in [0.4, 0.5) is 0 Å². The first-order valence-corrected chi connectivity index (χ1v) is 4.25. The normalized spacial score (nSPS) is 52.9. The van der Waals surface area contributed by atoms with E-state index in [-0.39, 0.29) is 11.5 Å². The van der Waals surface area contributed by atoms with Gasteiger partial charge in [-0.25, -0.2) is 0 Å². The second-order valence-electron chi connectivity index (χ2n) is 3.82. The van der Waals surface area contributed by atoms with Crippen LogP contribution in [-0.2, 0) is 9.53 Å². The maximum atomic E-state index is 11.4. The van der Waals surface area contributed by atoms with Gasteiger partial charge in [0.25, 0.3) is 5.91 Å². The third-order valence-corrected chi connectivity index (χ3v) is 3.41. The number of hydrogen-bond acceptors (Lipinski definition) is 2. The Kier molecular flexibility index (Phi) is 0.876. The van der Waals surface area contributed by atoms with Crippen LogP contribution < -0.4 is 5.32 Å². The summed E-state index contributed by atoms with van der Waals surface area (Å²) in [5.74, 6) is 1.39. The smallest absolute Gasteiger partial charge is 0.252 e. The fraction of sp³-hybridized carbons (Fsp3) is 0.875. The Labute approximate surface area is 65.1 Å². The van der Waals surface area contributed by atoms with Gasteiger partial charge in [0.1, 0.15) is 5.60 Å². The summed E-state index contributed by atoms with van der Waals surface area (Å²) in [5.41, 5.74) is -0.358. The van der Waals surface area contributed by atoms with Crippen molar-refractivity contribution in [3.05, 3.63) is 0 Å². The molecule has 1 spiro atoms. The van der Waals surface area contributed by atoms with Crippen LogP contribution in [0.15, 0.2) is 0 Å². The SMILES string of the molecule is O=C1NCC[C@@H]2[C@H]3CO[C@@]12C3. The van der Waals surface area contributed by atoms with E-state index in [4.69, 9.17) is 4.74 Å². The van der Waals surface area contributed by atoms with Crippen molar-refractivity contribution in [3.8, 4) is 0 Å². The van der Waals surface area contributed by atoms with E-state index in [1.807, 2.05) is 0 Å². The molecule has 3 aliphatic heterocycles. The summed E-state index contributed by atoms with van der Waals surface area (Å²) in [4.78, 5) is 11.4. The third kappa shape index (κ3) is 0.495. The first-order valence-electron chi connectivity index (χ1n) is 4.25. The molecule has 4 aliphatic rings. The quantitative estimate of drug-likeness (QED) is 0.528. The van der Waals surface area contributed by atoms with E-state index in [0.717, 1.165) is 26.0 Å². The topological polar surface area (TPSA) is 38.3 Å². The fourth-order valence-electron chi connectivity index (χ4n) is 2.79. The molecule has 0 aromatic carbocycles. The van der Waals surface area contributed by atoms with Gasteiger partial charge in [0.2, 0.25) is 0 Å². The van der Waals surface area contributed by atoms with Crippen molar-refractivity contribution in [3.63, 3.8) is 0 Å². The first kappa shape index (κ1) is 6.00. The zero-order valence-corrected chi connectivity index (χ0v) is 6.30. The largest absolute Gasteiger partial charge is 0.365 e. The van der Waals surface area contributed by atoms with E-state index in [2.05, 4.69) is 5.32 Å². The average Bonchev–Trinajstić information content (AvgIpc) is 2.51. The van der Waals surface area contributed by atoms with E-state index >= 15 is 0 Å². The monoisotopic (exact) mass is 153 g/mol. The average molecular weight is 153 g/mol. The van der Waals surface area contributed by atoms with Crippen LogP contribution in [0.3, 0.4) is 0 Å². The summed E-state index contributed by atoms with van der Waals surface area (Å²) < 4.78 is 5.52. The van der Waals surface area contributed by atoms with E-state index < -0.39 is 0 Å². The van der Waals surface area contributed by atoms with E-state index in [1.165, 1.54) is 0 Å². The lowest BCUT2D eigenvalue weighted by Crippen LogP contribution is -2.62. The molecule has 60 valence electrons. The zero-order valence-electron chi connectivity index (χ0n) is 6.30. The van der Waals surface area contributed by atoms with Crippen LogP contribution in [-0.4, -0.2) is 24.7 Å². The molecule has 0 radical (unpaired) electrons. The van der Waals surface area contributed by atoms with Gasteiger partial charge in [-0.05, 0) is 18.8 Å². The third-order valence-electron chi connectivity index (χ3n) is 3.41. The van der Waals surface area contributed by atoms with Gasteiger partial charge in [0.05, 0.1) is 6.61 Å². The highest BCUT2D eigenvalue weighted by Crippen LogP contribution is 2.56. The Morgan fingerprint density at radius 1 is 1.64 bits per heavy atom. The lowest BCUT2D eigenvalue weighted by Gasteiger charge is -2.46. The number of ether oxygens (including phenoxy) is 1. The van der Waals surface area contributed by atoms with E-state index in [9.17, 15) is 4.79 Å². The molecular formula is C8H11NO2. The van der Waals surface area contributed by atoms with Crippen molar-refractivity contribution in [1.82, 2.24) is 5.32 Å². The van der Waals surface area contributed by atoms with Gasteiger partial charge < -0.3 is 10.1 Å². The minimum Gasteiger partial charge on any atom is -0.365 e. The second-order valence-corrected chi connectivity index (χ2v) is 3.82. The van der Waals surface area contributed by atoms with Crippen molar-refractivity contribution in [2.75, 3.05) is 13.2 Å². The van der Waals surface area contributed by atoms with Crippen LogP contribution in [0.1, 0.15) is 12.8 Å². The van der Waals surface area contributed by atoms with Crippen LogP contribution in [0.25, 0.3) is 0 Å². The lowest BCUT2D eigenvalue weighted by atomic mass is 9.61. The number of carbonyl (C=O) groups excluding carboxylic acids is 1. The number of hydrogen-bond donors (Lipinski definition) is 1. The summed E-state index contributed by atoms with van der Waals surface area (Å²) in [5, 5.41) is 2.87. The van der Waals surface area contributed by atoms with Gasteiger partial charge in [-0.3, -0.25) is 4.79 Å². The molecular weight excluding hydrogens is 142 g/mol. The van der Waals surface area contributed by atoms with Crippen molar-refractivity contribution in [2.24, 2.45) is 11.8 Å². The summed E-state index contributed by atoms with van der Waals surface area (Å²) in [6, 6.07) is 0. The standard InChI is InChI=1S/C8H11NO2/c10-7-8-3-5(4-11-8)6(8)1-2-9-7/h5-6H,1-4H2,(H,9,10)/t5-,6-,8-/m1/s1. The van der Waals surface area contributed by atoms with Gasteiger partial charge >= 0.3 is 0 Å². The number of carbonyl (C=O) groups is 1.